The molecule has 5 rings (SSSR count). The SMILES string of the molecule is COC(=O)c1ccc(CN=C=N[C@@H]2O[C@H](COC(=O)c3ccccc3)[C@@H](OC(=O)c3ccccc3)[C@H]2OC(=O)c2ccccc2)cc1. The molecule has 47 heavy (non-hydrogen) atoms. The zero-order chi connectivity index (χ0) is 33.0. The van der Waals surface area contributed by atoms with Crippen LogP contribution in [0, 0.1) is 0 Å². The topological polar surface area (TPSA) is 139 Å². The van der Waals surface area contributed by atoms with Crippen LogP contribution < -0.4 is 0 Å². The number of methoxy groups -OCH3 is 1. The summed E-state index contributed by atoms with van der Waals surface area (Å²) < 4.78 is 28.0. The Morgan fingerprint density at radius 2 is 1.13 bits per heavy atom. The first-order chi connectivity index (χ1) is 22.9. The Hall–Kier alpha value is -5.90. The van der Waals surface area contributed by atoms with Crippen molar-refractivity contribution in [2.75, 3.05) is 13.7 Å². The monoisotopic (exact) mass is 634 g/mol. The van der Waals surface area contributed by atoms with E-state index in [1.807, 2.05) is 0 Å². The van der Waals surface area contributed by atoms with Gasteiger partial charge in [0, 0.05) is 0 Å². The molecule has 0 N–H and O–H groups in total. The Labute approximate surface area is 270 Å². The zero-order valence-electron chi connectivity index (χ0n) is 25.3. The molecular weight excluding hydrogens is 604 g/mol. The van der Waals surface area contributed by atoms with Crippen LogP contribution in [0.25, 0.3) is 0 Å². The first-order valence-electron chi connectivity index (χ1n) is 14.6. The Bertz CT molecular complexity index is 1740. The van der Waals surface area contributed by atoms with Gasteiger partial charge in [0.25, 0.3) is 0 Å². The number of carbonyl (C=O) groups is 4. The molecule has 4 aromatic carbocycles. The van der Waals surface area contributed by atoms with Crippen molar-refractivity contribution in [1.29, 1.82) is 0 Å². The summed E-state index contributed by atoms with van der Waals surface area (Å²) in [5, 5.41) is 0. The van der Waals surface area contributed by atoms with Gasteiger partial charge < -0.3 is 23.7 Å². The van der Waals surface area contributed by atoms with Crippen LogP contribution in [0.3, 0.4) is 0 Å². The van der Waals surface area contributed by atoms with Crippen molar-refractivity contribution in [3.05, 3.63) is 143 Å². The number of ether oxygens (including phenoxy) is 5. The number of aliphatic imine (C=N–C) groups is 2. The van der Waals surface area contributed by atoms with Gasteiger partial charge in [-0.25, -0.2) is 24.2 Å². The maximum Gasteiger partial charge on any atom is 0.338 e. The maximum absolute atomic E-state index is 13.2. The van der Waals surface area contributed by atoms with Gasteiger partial charge in [0.1, 0.15) is 12.7 Å². The lowest BCUT2D eigenvalue weighted by Gasteiger charge is -2.23. The van der Waals surface area contributed by atoms with Gasteiger partial charge in [-0.05, 0) is 54.1 Å². The van der Waals surface area contributed by atoms with E-state index in [2.05, 4.69) is 16.0 Å². The molecule has 0 unspecified atom stereocenters. The number of benzene rings is 4. The third kappa shape index (κ3) is 8.64. The summed E-state index contributed by atoms with van der Waals surface area (Å²) in [6, 6.07) is 34.1. The van der Waals surface area contributed by atoms with E-state index < -0.39 is 48.4 Å². The number of hydrogen-bond donors (Lipinski definition) is 0. The predicted octanol–water partition coefficient (Wildman–Crippen LogP) is 5.18. The molecule has 1 heterocycles. The molecule has 1 aliphatic rings. The number of esters is 4. The Kier molecular flexibility index (Phi) is 11.0. The third-order valence-electron chi connectivity index (χ3n) is 7.07. The summed E-state index contributed by atoms with van der Waals surface area (Å²) in [4.78, 5) is 59.3. The highest BCUT2D eigenvalue weighted by molar-refractivity contribution is 5.91. The van der Waals surface area contributed by atoms with E-state index >= 15 is 0 Å². The molecular formula is C36H30N2O9. The van der Waals surface area contributed by atoms with Crippen LogP contribution in [0.4, 0.5) is 0 Å². The molecule has 1 aliphatic heterocycles. The molecule has 1 saturated heterocycles. The molecule has 0 spiro atoms. The summed E-state index contributed by atoms with van der Waals surface area (Å²) in [6.45, 7) is -0.174. The molecule has 1 fully saturated rings. The fourth-order valence-corrected chi connectivity index (χ4v) is 4.65. The van der Waals surface area contributed by atoms with E-state index in [0.717, 1.165) is 5.56 Å². The highest BCUT2D eigenvalue weighted by atomic mass is 16.7. The van der Waals surface area contributed by atoms with E-state index in [4.69, 9.17) is 23.7 Å². The lowest BCUT2D eigenvalue weighted by atomic mass is 10.1. The molecule has 0 saturated carbocycles. The second-order valence-corrected chi connectivity index (χ2v) is 10.2. The lowest BCUT2D eigenvalue weighted by molar-refractivity contribution is -0.0445. The second kappa shape index (κ2) is 15.9. The van der Waals surface area contributed by atoms with Crippen molar-refractivity contribution in [3.8, 4) is 0 Å². The van der Waals surface area contributed by atoms with Crippen LogP contribution in [-0.2, 0) is 30.2 Å². The lowest BCUT2D eigenvalue weighted by Crippen LogP contribution is -2.41. The molecule has 4 atom stereocenters. The highest BCUT2D eigenvalue weighted by Crippen LogP contribution is 2.30. The van der Waals surface area contributed by atoms with Gasteiger partial charge >= 0.3 is 23.9 Å². The van der Waals surface area contributed by atoms with Crippen molar-refractivity contribution >= 4 is 29.9 Å². The Morgan fingerprint density at radius 3 is 1.66 bits per heavy atom. The molecule has 0 aliphatic carbocycles. The first kappa shape index (κ1) is 32.5. The number of nitrogens with zero attached hydrogens (tertiary/aromatic N) is 2. The summed E-state index contributed by atoms with van der Waals surface area (Å²) in [5.41, 5.74) is 1.99. The predicted molar refractivity (Wildman–Crippen MR) is 168 cm³/mol. The number of hydrogen-bond acceptors (Lipinski definition) is 11. The molecule has 0 radical (unpaired) electrons. The van der Waals surface area contributed by atoms with Gasteiger partial charge in [-0.1, -0.05) is 66.7 Å². The summed E-state index contributed by atoms with van der Waals surface area (Å²) in [5.74, 6) is -2.48. The summed E-state index contributed by atoms with van der Waals surface area (Å²) >= 11 is 0. The van der Waals surface area contributed by atoms with Gasteiger partial charge in [-0.3, -0.25) is 0 Å². The summed E-state index contributed by atoms with van der Waals surface area (Å²) in [7, 11) is 1.30. The van der Waals surface area contributed by atoms with Gasteiger partial charge in [0.2, 0.25) is 0 Å². The van der Waals surface area contributed by atoms with Crippen molar-refractivity contribution in [1.82, 2.24) is 0 Å². The van der Waals surface area contributed by atoms with E-state index in [-0.39, 0.29) is 24.3 Å². The average Bonchev–Trinajstić information content (AvgIpc) is 3.44. The van der Waals surface area contributed by atoms with Crippen molar-refractivity contribution < 1.29 is 42.9 Å². The van der Waals surface area contributed by atoms with Crippen LogP contribution in [0.1, 0.15) is 47.0 Å². The second-order valence-electron chi connectivity index (χ2n) is 10.2. The summed E-state index contributed by atoms with van der Waals surface area (Å²) in [6.07, 6.45) is -4.76. The smallest absolute Gasteiger partial charge is 0.338 e. The standard InChI is InChI=1S/C36H30N2O9/c1-43-33(39)28-19-17-24(18-20-28)21-37-23-38-32-31(47-36(42)27-15-9-4-10-16-27)30(46-35(41)26-13-7-3-8-14-26)29(45-32)22-44-34(40)25-11-5-2-6-12-25/h2-20,29-32H,21-22H2,1H3/t29-,30-,31-,32-/m1/s1. The van der Waals surface area contributed by atoms with Crippen LogP contribution in [0.5, 0.6) is 0 Å². The number of rotatable bonds is 11. The van der Waals surface area contributed by atoms with Gasteiger partial charge in [-0.2, -0.15) is 4.99 Å². The van der Waals surface area contributed by atoms with Crippen molar-refractivity contribution in [3.63, 3.8) is 0 Å². The minimum absolute atomic E-state index is 0.163. The molecule has 0 aromatic heterocycles. The van der Waals surface area contributed by atoms with E-state index in [0.29, 0.717) is 11.1 Å². The van der Waals surface area contributed by atoms with E-state index in [9.17, 15) is 19.2 Å². The van der Waals surface area contributed by atoms with E-state index in [1.165, 1.54) is 7.11 Å². The third-order valence-corrected chi connectivity index (χ3v) is 7.07. The van der Waals surface area contributed by atoms with Crippen molar-refractivity contribution in [2.45, 2.75) is 31.1 Å². The minimum atomic E-state index is -1.25. The molecule has 11 nitrogen and oxygen atoms in total. The van der Waals surface area contributed by atoms with Crippen molar-refractivity contribution in [2.24, 2.45) is 9.98 Å². The molecule has 4 aromatic rings. The quantitative estimate of drug-likeness (QED) is 0.124. The van der Waals surface area contributed by atoms with E-state index in [1.54, 1.807) is 115 Å². The molecule has 0 bridgehead atoms. The Morgan fingerprint density at radius 1 is 0.638 bits per heavy atom. The normalized spacial score (nSPS) is 18.2. The van der Waals surface area contributed by atoms with Gasteiger partial charge in [0.15, 0.2) is 18.4 Å². The molecule has 238 valence electrons. The van der Waals surface area contributed by atoms with Gasteiger partial charge in [-0.15, -0.1) is 0 Å². The zero-order valence-corrected chi connectivity index (χ0v) is 25.3. The fraction of sp³-hybridized carbons (Fsp3) is 0.194. The Balaban J connectivity index is 1.40. The van der Waals surface area contributed by atoms with Crippen LogP contribution in [0.15, 0.2) is 125 Å². The highest BCUT2D eigenvalue weighted by Gasteiger charge is 2.50. The molecule has 11 heteroatoms. The maximum atomic E-state index is 13.2. The van der Waals surface area contributed by atoms with Crippen LogP contribution in [0.2, 0.25) is 0 Å². The van der Waals surface area contributed by atoms with Crippen LogP contribution in [-0.4, -0.2) is 68.1 Å². The minimum Gasteiger partial charge on any atom is -0.465 e. The largest absolute Gasteiger partial charge is 0.465 e. The average molecular weight is 635 g/mol. The molecule has 0 amide bonds. The van der Waals surface area contributed by atoms with Gasteiger partial charge in [0.05, 0.1) is 41.9 Å². The fourth-order valence-electron chi connectivity index (χ4n) is 4.65. The number of carbonyl (C=O) groups excluding carboxylic acids is 4. The first-order valence-corrected chi connectivity index (χ1v) is 14.6. The van der Waals surface area contributed by atoms with Crippen LogP contribution >= 0.6 is 0 Å².